The Bertz CT molecular complexity index is 796. The predicted octanol–water partition coefficient (Wildman–Crippen LogP) is 5.64. The Morgan fingerprint density at radius 3 is 2.73 bits per heavy atom. The van der Waals surface area contributed by atoms with Crippen LogP contribution in [0.15, 0.2) is 30.0 Å². The third kappa shape index (κ3) is 3.14. The molecule has 1 aromatic rings. The zero-order valence-electron chi connectivity index (χ0n) is 19.2. The number of aromatic nitrogens is 1. The van der Waals surface area contributed by atoms with Crippen LogP contribution in [0.25, 0.3) is 0 Å². The highest BCUT2D eigenvalue weighted by Crippen LogP contribution is 2.67. The van der Waals surface area contributed by atoms with Crippen molar-refractivity contribution in [3.8, 4) is 0 Å². The van der Waals surface area contributed by atoms with Crippen molar-refractivity contribution < 1.29 is 10.2 Å². The maximum Gasteiger partial charge on any atom is 0.0656 e. The van der Waals surface area contributed by atoms with Gasteiger partial charge in [0.25, 0.3) is 0 Å². The maximum atomic E-state index is 11.6. The molecule has 3 nitrogen and oxygen atoms in total. The molecule has 0 aromatic carbocycles. The standard InChI is InChI=1S/C27H41NO2/c1-25-13-11-20(29)17-18(25)6-7-21-22-8-9-24(26(22,2)14-12-23(21)25)27(3,30)15-10-19-5-4-16-28-19/h4-6,16,20-24,28-30H,7-15,17H2,1-3H3/t20-,21-,22-,23-,24-,25-,26-,27+/m0/s1. The van der Waals surface area contributed by atoms with Crippen LogP contribution in [-0.4, -0.2) is 26.9 Å². The van der Waals surface area contributed by atoms with Crippen molar-refractivity contribution >= 4 is 0 Å². The molecule has 3 fully saturated rings. The molecule has 4 aliphatic carbocycles. The molecule has 4 aliphatic rings. The topological polar surface area (TPSA) is 56.2 Å². The number of H-pyrrole nitrogens is 1. The summed E-state index contributed by atoms with van der Waals surface area (Å²) in [5.74, 6) is 2.67. The number of allylic oxidation sites excluding steroid dienone is 1. The van der Waals surface area contributed by atoms with Crippen molar-refractivity contribution in [2.24, 2.45) is 34.5 Å². The second kappa shape index (κ2) is 7.24. The van der Waals surface area contributed by atoms with Crippen LogP contribution in [0.1, 0.15) is 84.3 Å². The second-order valence-electron chi connectivity index (χ2n) is 11.9. The highest BCUT2D eigenvalue weighted by Gasteiger charge is 2.61. The normalized spacial score (nSPS) is 45.1. The summed E-state index contributed by atoms with van der Waals surface area (Å²) in [6, 6.07) is 4.18. The predicted molar refractivity (Wildman–Crippen MR) is 121 cm³/mol. The van der Waals surface area contributed by atoms with Gasteiger partial charge in [-0.2, -0.15) is 0 Å². The number of hydrogen-bond acceptors (Lipinski definition) is 2. The van der Waals surface area contributed by atoms with Crippen molar-refractivity contribution in [2.75, 3.05) is 0 Å². The minimum atomic E-state index is -0.601. The van der Waals surface area contributed by atoms with Crippen LogP contribution in [0, 0.1) is 34.5 Å². The Balaban J connectivity index is 1.36. The average molecular weight is 412 g/mol. The van der Waals surface area contributed by atoms with Crippen molar-refractivity contribution in [2.45, 2.75) is 96.7 Å². The molecule has 0 saturated heterocycles. The van der Waals surface area contributed by atoms with E-state index in [4.69, 9.17) is 0 Å². The van der Waals surface area contributed by atoms with Gasteiger partial charge in [0.1, 0.15) is 0 Å². The van der Waals surface area contributed by atoms with Crippen molar-refractivity contribution in [1.29, 1.82) is 0 Å². The molecule has 30 heavy (non-hydrogen) atoms. The molecular weight excluding hydrogens is 370 g/mol. The molecular formula is C27H41NO2. The monoisotopic (exact) mass is 411 g/mol. The number of aliphatic hydroxyl groups is 2. The van der Waals surface area contributed by atoms with E-state index in [9.17, 15) is 10.2 Å². The first kappa shape index (κ1) is 20.8. The number of hydrogen-bond donors (Lipinski definition) is 3. The number of rotatable bonds is 4. The smallest absolute Gasteiger partial charge is 0.0656 e. The fourth-order valence-electron chi connectivity index (χ4n) is 8.75. The van der Waals surface area contributed by atoms with Crippen LogP contribution in [0.4, 0.5) is 0 Å². The van der Waals surface area contributed by atoms with E-state index in [1.165, 1.54) is 37.8 Å². The lowest BCUT2D eigenvalue weighted by Crippen LogP contribution is -2.53. The molecule has 0 amide bonds. The van der Waals surface area contributed by atoms with Crippen molar-refractivity contribution in [3.63, 3.8) is 0 Å². The molecule has 3 N–H and O–H groups in total. The molecule has 8 atom stereocenters. The molecule has 166 valence electrons. The Labute approximate surface area is 182 Å². The molecule has 5 rings (SSSR count). The van der Waals surface area contributed by atoms with E-state index in [0.29, 0.717) is 11.3 Å². The highest BCUT2D eigenvalue weighted by atomic mass is 16.3. The van der Waals surface area contributed by atoms with Crippen LogP contribution < -0.4 is 0 Å². The first-order valence-corrected chi connectivity index (χ1v) is 12.5. The molecule has 1 aromatic heterocycles. The van der Waals surface area contributed by atoms with Crippen LogP contribution in [0.3, 0.4) is 0 Å². The van der Waals surface area contributed by atoms with Gasteiger partial charge in [-0.3, -0.25) is 0 Å². The first-order valence-electron chi connectivity index (χ1n) is 12.5. The van der Waals surface area contributed by atoms with E-state index in [2.05, 4.69) is 37.9 Å². The maximum absolute atomic E-state index is 11.6. The summed E-state index contributed by atoms with van der Waals surface area (Å²) in [4.78, 5) is 3.30. The van der Waals surface area contributed by atoms with Crippen LogP contribution in [-0.2, 0) is 6.42 Å². The van der Waals surface area contributed by atoms with Gasteiger partial charge >= 0.3 is 0 Å². The Hall–Kier alpha value is -1.06. The minimum absolute atomic E-state index is 0.125. The van der Waals surface area contributed by atoms with Crippen LogP contribution >= 0.6 is 0 Å². The first-order chi connectivity index (χ1) is 14.2. The second-order valence-corrected chi connectivity index (χ2v) is 11.9. The zero-order valence-corrected chi connectivity index (χ0v) is 19.2. The van der Waals surface area contributed by atoms with Crippen molar-refractivity contribution in [1.82, 2.24) is 4.98 Å². The lowest BCUT2D eigenvalue weighted by atomic mass is 9.46. The van der Waals surface area contributed by atoms with Gasteiger partial charge < -0.3 is 15.2 Å². The number of aromatic amines is 1. The SMILES string of the molecule is C[C@]12CC[C@H]3[C@@H](CC=C4C[C@@H](O)CC[C@@]43C)[C@@H]1CC[C@@H]2[C@](C)(O)CCc1ccc[nH]1. The summed E-state index contributed by atoms with van der Waals surface area (Å²) in [5, 5.41) is 21.8. The van der Waals surface area contributed by atoms with E-state index < -0.39 is 5.60 Å². The summed E-state index contributed by atoms with van der Waals surface area (Å²) in [7, 11) is 0. The Morgan fingerprint density at radius 1 is 1.13 bits per heavy atom. The third-order valence-electron chi connectivity index (χ3n) is 10.4. The quantitative estimate of drug-likeness (QED) is 0.562. The van der Waals surface area contributed by atoms with Gasteiger partial charge in [-0.25, -0.2) is 0 Å². The van der Waals surface area contributed by atoms with Gasteiger partial charge in [-0.15, -0.1) is 0 Å². The molecule has 0 aliphatic heterocycles. The van der Waals surface area contributed by atoms with E-state index >= 15 is 0 Å². The van der Waals surface area contributed by atoms with E-state index in [1.54, 1.807) is 5.57 Å². The number of aliphatic hydroxyl groups excluding tert-OH is 1. The van der Waals surface area contributed by atoms with Gasteiger partial charge in [-0.1, -0.05) is 25.5 Å². The largest absolute Gasteiger partial charge is 0.393 e. The number of fused-ring (bicyclic) bond motifs is 5. The van der Waals surface area contributed by atoms with E-state index in [0.717, 1.165) is 49.9 Å². The average Bonchev–Trinajstić information content (AvgIpc) is 3.34. The minimum Gasteiger partial charge on any atom is -0.393 e. The summed E-state index contributed by atoms with van der Waals surface area (Å²) in [6.07, 6.45) is 15.4. The molecule has 0 bridgehead atoms. The summed E-state index contributed by atoms with van der Waals surface area (Å²) < 4.78 is 0. The summed E-state index contributed by atoms with van der Waals surface area (Å²) >= 11 is 0. The van der Waals surface area contributed by atoms with E-state index in [1.807, 2.05) is 12.3 Å². The lowest BCUT2D eigenvalue weighted by Gasteiger charge is -2.59. The molecule has 0 spiro atoms. The summed E-state index contributed by atoms with van der Waals surface area (Å²) in [6.45, 7) is 7.13. The summed E-state index contributed by atoms with van der Waals surface area (Å²) in [5.41, 5.74) is 2.75. The fraction of sp³-hybridized carbons (Fsp3) is 0.778. The molecule has 3 heteroatoms. The molecule has 0 radical (unpaired) electrons. The van der Waals surface area contributed by atoms with Crippen molar-refractivity contribution in [3.05, 3.63) is 35.7 Å². The third-order valence-corrected chi connectivity index (χ3v) is 10.4. The van der Waals surface area contributed by atoms with Gasteiger partial charge in [0.15, 0.2) is 0 Å². The Morgan fingerprint density at radius 2 is 1.97 bits per heavy atom. The van der Waals surface area contributed by atoms with Gasteiger partial charge in [0.2, 0.25) is 0 Å². The molecule has 0 unspecified atom stereocenters. The van der Waals surface area contributed by atoms with Crippen LogP contribution in [0.5, 0.6) is 0 Å². The zero-order chi connectivity index (χ0) is 21.1. The highest BCUT2D eigenvalue weighted by molar-refractivity contribution is 5.25. The molecule has 3 saturated carbocycles. The van der Waals surface area contributed by atoms with Gasteiger partial charge in [0.05, 0.1) is 11.7 Å². The number of nitrogens with one attached hydrogen (secondary N) is 1. The van der Waals surface area contributed by atoms with Crippen LogP contribution in [0.2, 0.25) is 0 Å². The fourth-order valence-corrected chi connectivity index (χ4v) is 8.75. The Kier molecular flexibility index (Phi) is 5.02. The molecule has 1 heterocycles. The lowest BCUT2D eigenvalue weighted by molar-refractivity contribution is -0.104. The van der Waals surface area contributed by atoms with Gasteiger partial charge in [0, 0.05) is 11.9 Å². The van der Waals surface area contributed by atoms with E-state index in [-0.39, 0.29) is 11.5 Å². The van der Waals surface area contributed by atoms with Gasteiger partial charge in [-0.05, 0) is 118 Å². The number of aryl methyl sites for hydroxylation is 1.